The van der Waals surface area contributed by atoms with Crippen molar-refractivity contribution in [1.29, 1.82) is 0 Å². The second-order valence-corrected chi connectivity index (χ2v) is 7.26. The van der Waals surface area contributed by atoms with E-state index in [0.717, 1.165) is 29.5 Å². The van der Waals surface area contributed by atoms with Crippen molar-refractivity contribution in [2.24, 2.45) is 0 Å². The molecule has 1 aromatic heterocycles. The summed E-state index contributed by atoms with van der Waals surface area (Å²) in [5.74, 6) is 0.475. The third kappa shape index (κ3) is 3.73. The molecule has 0 atom stereocenters. The van der Waals surface area contributed by atoms with E-state index >= 15 is 0 Å². The first kappa shape index (κ1) is 17.1. The number of nitrogens with one attached hydrogen (secondary N) is 1. The number of carbonyl (C=O) groups is 1. The highest BCUT2D eigenvalue weighted by Crippen LogP contribution is 2.22. The van der Waals surface area contributed by atoms with Gasteiger partial charge in [-0.2, -0.15) is 0 Å². The maximum atomic E-state index is 12.5. The van der Waals surface area contributed by atoms with Gasteiger partial charge in [0.15, 0.2) is 11.4 Å². The first-order valence-corrected chi connectivity index (χ1v) is 9.35. The maximum Gasteiger partial charge on any atom is 0.323 e. The number of anilines is 1. The van der Waals surface area contributed by atoms with Crippen molar-refractivity contribution in [3.05, 3.63) is 58.6 Å². The third-order valence-electron chi connectivity index (χ3n) is 4.58. The number of halogens is 1. The summed E-state index contributed by atoms with van der Waals surface area (Å²) in [6.45, 7) is 3.99. The molecule has 1 aliphatic rings. The molecule has 4 rings (SSSR count). The van der Waals surface area contributed by atoms with Crippen LogP contribution >= 0.6 is 15.9 Å². The van der Waals surface area contributed by atoms with Crippen LogP contribution in [0.4, 0.5) is 10.6 Å². The Kier molecular flexibility index (Phi) is 4.90. The number of piperazine rings is 1. The number of amides is 2. The molecule has 1 N–H and O–H groups in total. The normalized spacial score (nSPS) is 15.3. The summed E-state index contributed by atoms with van der Waals surface area (Å²) in [6, 6.07) is 15.7. The smallest absolute Gasteiger partial charge is 0.323 e. The van der Waals surface area contributed by atoms with E-state index in [4.69, 9.17) is 4.52 Å². The minimum absolute atomic E-state index is 0.132. The lowest BCUT2D eigenvalue weighted by Crippen LogP contribution is -2.49. The molecule has 0 radical (unpaired) electrons. The van der Waals surface area contributed by atoms with Crippen molar-refractivity contribution in [2.75, 3.05) is 31.5 Å². The van der Waals surface area contributed by atoms with Gasteiger partial charge in [0.05, 0.1) is 5.39 Å². The van der Waals surface area contributed by atoms with E-state index in [1.54, 1.807) is 0 Å². The number of carbonyl (C=O) groups excluding carboxylic acids is 1. The van der Waals surface area contributed by atoms with Crippen LogP contribution in [0.3, 0.4) is 0 Å². The van der Waals surface area contributed by atoms with Crippen LogP contribution in [0.25, 0.3) is 11.0 Å². The molecule has 2 heterocycles. The maximum absolute atomic E-state index is 12.5. The monoisotopic (exact) mass is 414 g/mol. The zero-order valence-electron chi connectivity index (χ0n) is 14.2. The Morgan fingerprint density at radius 1 is 1.08 bits per heavy atom. The zero-order chi connectivity index (χ0) is 17.9. The van der Waals surface area contributed by atoms with E-state index in [1.165, 1.54) is 5.56 Å². The van der Waals surface area contributed by atoms with Crippen LogP contribution in [0.15, 0.2) is 57.5 Å². The first-order valence-electron chi connectivity index (χ1n) is 8.56. The molecule has 134 valence electrons. The third-order valence-corrected chi connectivity index (χ3v) is 5.11. The molecule has 1 saturated heterocycles. The van der Waals surface area contributed by atoms with E-state index in [1.807, 2.05) is 29.2 Å². The number of rotatable bonds is 3. The van der Waals surface area contributed by atoms with Gasteiger partial charge >= 0.3 is 6.03 Å². The number of nitrogens with zero attached hydrogens (tertiary/aromatic N) is 3. The molecule has 6 nitrogen and oxygen atoms in total. The second-order valence-electron chi connectivity index (χ2n) is 6.35. The minimum Gasteiger partial charge on any atom is -0.354 e. The summed E-state index contributed by atoms with van der Waals surface area (Å²) >= 11 is 3.46. The lowest BCUT2D eigenvalue weighted by molar-refractivity contribution is 0.143. The van der Waals surface area contributed by atoms with Crippen molar-refractivity contribution in [3.8, 4) is 0 Å². The highest BCUT2D eigenvalue weighted by atomic mass is 79.9. The second kappa shape index (κ2) is 7.47. The molecule has 7 heteroatoms. The molecule has 0 aliphatic carbocycles. The molecule has 1 aliphatic heterocycles. The molecule has 26 heavy (non-hydrogen) atoms. The Hall–Kier alpha value is -2.38. The number of aromatic nitrogens is 1. The molecule has 0 spiro atoms. The summed E-state index contributed by atoms with van der Waals surface area (Å²) in [5, 5.41) is 7.64. The van der Waals surface area contributed by atoms with Gasteiger partial charge in [-0.25, -0.2) is 4.79 Å². The molecular weight excluding hydrogens is 396 g/mol. The van der Waals surface area contributed by atoms with Gasteiger partial charge < -0.3 is 9.42 Å². The predicted molar refractivity (Wildman–Crippen MR) is 104 cm³/mol. The SMILES string of the molecule is O=C(Nc1noc2ccccc12)N1CCN(Cc2ccc(Br)cc2)CC1. The minimum atomic E-state index is -0.132. The topological polar surface area (TPSA) is 61.6 Å². The standard InChI is InChI=1S/C19H19BrN4O2/c20-15-7-5-14(6-8-15)13-23-9-11-24(12-10-23)19(25)21-18-16-3-1-2-4-17(16)26-22-18/h1-8H,9-13H2,(H,21,22,25). The summed E-state index contributed by atoms with van der Waals surface area (Å²) in [4.78, 5) is 16.7. The Balaban J connectivity index is 1.32. The number of fused-ring (bicyclic) bond motifs is 1. The van der Waals surface area contributed by atoms with E-state index in [9.17, 15) is 4.79 Å². The summed E-state index contributed by atoms with van der Waals surface area (Å²) in [5.41, 5.74) is 1.95. The number of para-hydroxylation sites is 1. The van der Waals surface area contributed by atoms with Gasteiger partial charge in [0.25, 0.3) is 0 Å². The van der Waals surface area contributed by atoms with Crippen LogP contribution in [0.1, 0.15) is 5.56 Å². The molecule has 2 amide bonds. The molecule has 2 aromatic carbocycles. The largest absolute Gasteiger partial charge is 0.354 e. The number of benzene rings is 2. The van der Waals surface area contributed by atoms with Crippen molar-refractivity contribution in [3.63, 3.8) is 0 Å². The Morgan fingerprint density at radius 2 is 1.81 bits per heavy atom. The van der Waals surface area contributed by atoms with E-state index in [0.29, 0.717) is 24.5 Å². The van der Waals surface area contributed by atoms with Crippen molar-refractivity contribution < 1.29 is 9.32 Å². The van der Waals surface area contributed by atoms with E-state index in [2.05, 4.69) is 55.6 Å². The summed E-state index contributed by atoms with van der Waals surface area (Å²) in [7, 11) is 0. The van der Waals surface area contributed by atoms with E-state index < -0.39 is 0 Å². The van der Waals surface area contributed by atoms with Crippen LogP contribution in [-0.4, -0.2) is 47.2 Å². The van der Waals surface area contributed by atoms with Gasteiger partial charge in [0.2, 0.25) is 0 Å². The highest BCUT2D eigenvalue weighted by molar-refractivity contribution is 9.10. The van der Waals surface area contributed by atoms with Crippen LogP contribution in [0, 0.1) is 0 Å². The molecule has 0 bridgehead atoms. The summed E-state index contributed by atoms with van der Waals surface area (Å²) in [6.07, 6.45) is 0. The fraction of sp³-hybridized carbons (Fsp3) is 0.263. The highest BCUT2D eigenvalue weighted by Gasteiger charge is 2.22. The van der Waals surface area contributed by atoms with E-state index in [-0.39, 0.29) is 6.03 Å². The van der Waals surface area contributed by atoms with Crippen molar-refractivity contribution in [2.45, 2.75) is 6.54 Å². The van der Waals surface area contributed by atoms with Gasteiger partial charge in [-0.15, -0.1) is 0 Å². The fourth-order valence-corrected chi connectivity index (χ4v) is 3.38. The van der Waals surface area contributed by atoms with Crippen LogP contribution < -0.4 is 5.32 Å². The number of urea groups is 1. The molecular formula is C19H19BrN4O2. The predicted octanol–water partition coefficient (Wildman–Crippen LogP) is 3.94. The van der Waals surface area contributed by atoms with Crippen molar-refractivity contribution >= 4 is 38.7 Å². The van der Waals surface area contributed by atoms with Gasteiger partial charge in [-0.1, -0.05) is 45.4 Å². The quantitative estimate of drug-likeness (QED) is 0.704. The van der Waals surface area contributed by atoms with Gasteiger partial charge in [-0.3, -0.25) is 10.2 Å². The summed E-state index contributed by atoms with van der Waals surface area (Å²) < 4.78 is 6.32. The van der Waals surface area contributed by atoms with Crippen LogP contribution in [0.2, 0.25) is 0 Å². The Bertz CT molecular complexity index is 901. The first-order chi connectivity index (χ1) is 12.7. The Labute approximate surface area is 159 Å². The fourth-order valence-electron chi connectivity index (χ4n) is 3.11. The van der Waals surface area contributed by atoms with Crippen LogP contribution in [0.5, 0.6) is 0 Å². The van der Waals surface area contributed by atoms with Crippen LogP contribution in [-0.2, 0) is 6.54 Å². The lowest BCUT2D eigenvalue weighted by atomic mass is 10.2. The number of hydrogen-bond donors (Lipinski definition) is 1. The van der Waals surface area contributed by atoms with Gasteiger partial charge in [0, 0.05) is 37.2 Å². The lowest BCUT2D eigenvalue weighted by Gasteiger charge is -2.34. The average molecular weight is 415 g/mol. The van der Waals surface area contributed by atoms with Gasteiger partial charge in [0.1, 0.15) is 0 Å². The molecule has 1 fully saturated rings. The molecule has 3 aromatic rings. The number of hydrogen-bond acceptors (Lipinski definition) is 4. The Morgan fingerprint density at radius 3 is 2.58 bits per heavy atom. The zero-order valence-corrected chi connectivity index (χ0v) is 15.8. The molecule has 0 saturated carbocycles. The molecule has 0 unspecified atom stereocenters. The van der Waals surface area contributed by atoms with Gasteiger partial charge in [-0.05, 0) is 29.8 Å². The van der Waals surface area contributed by atoms with Crippen molar-refractivity contribution in [1.82, 2.24) is 15.0 Å². The average Bonchev–Trinajstić information content (AvgIpc) is 3.07.